The fourth-order valence-electron chi connectivity index (χ4n) is 2.19. The third-order valence-electron chi connectivity index (χ3n) is 3.32. The highest BCUT2D eigenvalue weighted by molar-refractivity contribution is 9.10. The lowest BCUT2D eigenvalue weighted by Gasteiger charge is -2.13. The molecule has 2 aromatic rings. The van der Waals surface area contributed by atoms with Gasteiger partial charge in [-0.15, -0.1) is 0 Å². The Morgan fingerprint density at radius 3 is 2.67 bits per heavy atom. The lowest BCUT2D eigenvalue weighted by Crippen LogP contribution is -2.28. The number of hydrogen-bond donors (Lipinski definition) is 2. The zero-order chi connectivity index (χ0) is 15.2. The Morgan fingerprint density at radius 2 is 1.95 bits per heavy atom. The molecular weight excluding hydrogens is 328 g/mol. The molecule has 0 heterocycles. The lowest BCUT2D eigenvalue weighted by molar-refractivity contribution is 0.251. The minimum absolute atomic E-state index is 0.182. The molecule has 0 saturated heterocycles. The topological polar surface area (TPSA) is 41.1 Å². The summed E-state index contributed by atoms with van der Waals surface area (Å²) in [5, 5.41) is 5.84. The van der Waals surface area contributed by atoms with E-state index in [1.54, 1.807) is 0 Å². The molecule has 2 aromatic carbocycles. The zero-order valence-corrected chi connectivity index (χ0v) is 13.8. The summed E-state index contributed by atoms with van der Waals surface area (Å²) in [6.45, 7) is 4.58. The molecule has 110 valence electrons. The molecule has 0 aliphatic heterocycles. The highest BCUT2D eigenvalue weighted by Crippen LogP contribution is 2.20. The van der Waals surface area contributed by atoms with Crippen molar-refractivity contribution in [3.63, 3.8) is 0 Å². The molecule has 0 aliphatic carbocycles. The normalized spacial score (nSPS) is 10.2. The number of para-hydroxylation sites is 1. The highest BCUT2D eigenvalue weighted by Gasteiger charge is 2.08. The van der Waals surface area contributed by atoms with Gasteiger partial charge in [0.15, 0.2) is 0 Å². The summed E-state index contributed by atoms with van der Waals surface area (Å²) in [5.74, 6) is 0. The standard InChI is InChI=1S/C17H19BrN2O/c1-3-14-8-4-6-12(2)16(14)20-17(21)19-11-13-7-5-9-15(18)10-13/h4-10H,3,11H2,1-2H3,(H2,19,20,21). The van der Waals surface area contributed by atoms with Gasteiger partial charge in [0.2, 0.25) is 0 Å². The lowest BCUT2D eigenvalue weighted by atomic mass is 10.1. The van der Waals surface area contributed by atoms with Gasteiger partial charge in [0, 0.05) is 16.7 Å². The first kappa shape index (κ1) is 15.6. The van der Waals surface area contributed by atoms with Crippen LogP contribution in [0, 0.1) is 6.92 Å². The Balaban J connectivity index is 1.99. The van der Waals surface area contributed by atoms with Crippen molar-refractivity contribution < 1.29 is 4.79 Å². The van der Waals surface area contributed by atoms with Crippen molar-refractivity contribution in [2.45, 2.75) is 26.8 Å². The average molecular weight is 347 g/mol. The van der Waals surface area contributed by atoms with E-state index in [0.717, 1.165) is 33.3 Å². The maximum atomic E-state index is 12.1. The van der Waals surface area contributed by atoms with Crippen LogP contribution in [-0.4, -0.2) is 6.03 Å². The first-order chi connectivity index (χ1) is 10.1. The smallest absolute Gasteiger partial charge is 0.319 e. The minimum Gasteiger partial charge on any atom is -0.334 e. The molecule has 0 bridgehead atoms. The van der Waals surface area contributed by atoms with Gasteiger partial charge >= 0.3 is 6.03 Å². The molecule has 3 nitrogen and oxygen atoms in total. The monoisotopic (exact) mass is 346 g/mol. The van der Waals surface area contributed by atoms with Crippen molar-refractivity contribution in [1.29, 1.82) is 0 Å². The van der Waals surface area contributed by atoms with Gasteiger partial charge < -0.3 is 10.6 Å². The molecule has 0 fully saturated rings. The van der Waals surface area contributed by atoms with Crippen LogP contribution in [0.15, 0.2) is 46.9 Å². The molecule has 0 aliphatic rings. The van der Waals surface area contributed by atoms with Crippen LogP contribution >= 0.6 is 15.9 Å². The molecule has 4 heteroatoms. The van der Waals surface area contributed by atoms with E-state index in [-0.39, 0.29) is 6.03 Å². The predicted molar refractivity (Wildman–Crippen MR) is 90.6 cm³/mol. The number of carbonyl (C=O) groups excluding carboxylic acids is 1. The van der Waals surface area contributed by atoms with E-state index in [1.165, 1.54) is 0 Å². The number of hydrogen-bond acceptors (Lipinski definition) is 1. The number of carbonyl (C=O) groups is 1. The van der Waals surface area contributed by atoms with E-state index in [9.17, 15) is 4.79 Å². The summed E-state index contributed by atoms with van der Waals surface area (Å²) in [6.07, 6.45) is 0.892. The molecular formula is C17H19BrN2O. The summed E-state index contributed by atoms with van der Waals surface area (Å²) in [6, 6.07) is 13.8. The van der Waals surface area contributed by atoms with E-state index in [1.807, 2.05) is 49.4 Å². The molecule has 0 atom stereocenters. The first-order valence-corrected chi connectivity index (χ1v) is 7.77. The molecule has 0 aromatic heterocycles. The molecule has 0 saturated carbocycles. The third kappa shape index (κ3) is 4.33. The van der Waals surface area contributed by atoms with Gasteiger partial charge in [0.25, 0.3) is 0 Å². The van der Waals surface area contributed by atoms with Gasteiger partial charge in [-0.2, -0.15) is 0 Å². The number of aryl methyl sites for hydroxylation is 2. The maximum Gasteiger partial charge on any atom is 0.319 e. The van der Waals surface area contributed by atoms with Crippen LogP contribution in [0.4, 0.5) is 10.5 Å². The van der Waals surface area contributed by atoms with Crippen LogP contribution in [0.5, 0.6) is 0 Å². The minimum atomic E-state index is -0.182. The number of amides is 2. The Bertz CT molecular complexity index is 640. The molecule has 0 radical (unpaired) electrons. The van der Waals surface area contributed by atoms with E-state index >= 15 is 0 Å². The quantitative estimate of drug-likeness (QED) is 0.831. The second-order valence-corrected chi connectivity index (χ2v) is 5.82. The highest BCUT2D eigenvalue weighted by atomic mass is 79.9. The summed E-state index contributed by atoms with van der Waals surface area (Å²) >= 11 is 3.42. The predicted octanol–water partition coefficient (Wildman–Crippen LogP) is 4.64. The Hall–Kier alpha value is -1.81. The van der Waals surface area contributed by atoms with Crippen LogP contribution in [0.1, 0.15) is 23.6 Å². The number of halogens is 1. The molecule has 2 rings (SSSR count). The molecule has 2 N–H and O–H groups in total. The Kier molecular flexibility index (Phi) is 5.39. The van der Waals surface area contributed by atoms with Crippen molar-refractivity contribution in [3.8, 4) is 0 Å². The van der Waals surface area contributed by atoms with Crippen molar-refractivity contribution in [3.05, 3.63) is 63.6 Å². The van der Waals surface area contributed by atoms with Gasteiger partial charge in [0.05, 0.1) is 0 Å². The molecule has 21 heavy (non-hydrogen) atoms. The maximum absolute atomic E-state index is 12.1. The first-order valence-electron chi connectivity index (χ1n) is 6.98. The van der Waals surface area contributed by atoms with Crippen LogP contribution in [0.3, 0.4) is 0 Å². The van der Waals surface area contributed by atoms with Crippen molar-refractivity contribution >= 4 is 27.6 Å². The summed E-state index contributed by atoms with van der Waals surface area (Å²) in [4.78, 5) is 12.1. The van der Waals surface area contributed by atoms with Gasteiger partial charge in [-0.1, -0.05) is 53.2 Å². The summed E-state index contributed by atoms with van der Waals surface area (Å²) in [7, 11) is 0. The average Bonchev–Trinajstić information content (AvgIpc) is 2.47. The number of anilines is 1. The number of urea groups is 1. The van der Waals surface area contributed by atoms with Crippen molar-refractivity contribution in [2.75, 3.05) is 5.32 Å². The van der Waals surface area contributed by atoms with E-state index in [0.29, 0.717) is 6.54 Å². The molecule has 0 spiro atoms. The van der Waals surface area contributed by atoms with E-state index in [2.05, 4.69) is 33.5 Å². The Morgan fingerprint density at radius 1 is 1.19 bits per heavy atom. The number of rotatable bonds is 4. The van der Waals surface area contributed by atoms with Crippen LogP contribution < -0.4 is 10.6 Å². The third-order valence-corrected chi connectivity index (χ3v) is 3.81. The fraction of sp³-hybridized carbons (Fsp3) is 0.235. The van der Waals surface area contributed by atoms with Gasteiger partial charge in [-0.25, -0.2) is 4.79 Å². The van der Waals surface area contributed by atoms with E-state index in [4.69, 9.17) is 0 Å². The largest absolute Gasteiger partial charge is 0.334 e. The van der Waals surface area contributed by atoms with Crippen LogP contribution in [-0.2, 0) is 13.0 Å². The summed E-state index contributed by atoms with van der Waals surface area (Å²) in [5.41, 5.74) is 4.19. The van der Waals surface area contributed by atoms with Crippen LogP contribution in [0.25, 0.3) is 0 Å². The zero-order valence-electron chi connectivity index (χ0n) is 12.2. The van der Waals surface area contributed by atoms with Crippen molar-refractivity contribution in [2.24, 2.45) is 0 Å². The SMILES string of the molecule is CCc1cccc(C)c1NC(=O)NCc1cccc(Br)c1. The van der Waals surface area contributed by atoms with Gasteiger partial charge in [0.1, 0.15) is 0 Å². The van der Waals surface area contributed by atoms with Gasteiger partial charge in [-0.05, 0) is 42.2 Å². The fourth-order valence-corrected chi connectivity index (χ4v) is 2.64. The number of benzene rings is 2. The van der Waals surface area contributed by atoms with Crippen LogP contribution in [0.2, 0.25) is 0 Å². The summed E-state index contributed by atoms with van der Waals surface area (Å²) < 4.78 is 1.01. The number of nitrogens with one attached hydrogen (secondary N) is 2. The van der Waals surface area contributed by atoms with Gasteiger partial charge in [-0.3, -0.25) is 0 Å². The second-order valence-electron chi connectivity index (χ2n) is 4.90. The second kappa shape index (κ2) is 7.27. The molecule has 2 amide bonds. The van der Waals surface area contributed by atoms with Crippen molar-refractivity contribution in [1.82, 2.24) is 5.32 Å². The van der Waals surface area contributed by atoms with E-state index < -0.39 is 0 Å². The Labute approximate surface area is 133 Å². The molecule has 0 unspecified atom stereocenters.